The fourth-order valence-corrected chi connectivity index (χ4v) is 1.86. The van der Waals surface area contributed by atoms with Gasteiger partial charge < -0.3 is 20.5 Å². The Morgan fingerprint density at radius 3 is 2.75 bits per heavy atom. The molecular weight excluding hydrogens is 256 g/mol. The number of hydrogen-bond acceptors (Lipinski definition) is 4. The summed E-state index contributed by atoms with van der Waals surface area (Å²) in [5, 5.41) is 2.88. The zero-order chi connectivity index (χ0) is 14.8. The molecule has 0 aliphatic rings. The van der Waals surface area contributed by atoms with Crippen LogP contribution >= 0.6 is 0 Å². The van der Waals surface area contributed by atoms with E-state index in [-0.39, 0.29) is 5.91 Å². The minimum absolute atomic E-state index is 0.110. The van der Waals surface area contributed by atoms with E-state index in [4.69, 9.17) is 15.2 Å². The maximum atomic E-state index is 12.0. The fraction of sp³-hybridized carbons (Fsp3) is 0.533. The number of amides is 1. The predicted octanol–water partition coefficient (Wildman–Crippen LogP) is 1.75. The van der Waals surface area contributed by atoms with Crippen LogP contribution < -0.4 is 11.1 Å². The molecule has 5 nitrogen and oxygen atoms in total. The number of rotatable bonds is 9. The average Bonchev–Trinajstić information content (AvgIpc) is 2.41. The Hall–Kier alpha value is -1.59. The Kier molecular flexibility index (Phi) is 7.69. The zero-order valence-corrected chi connectivity index (χ0v) is 12.3. The molecule has 0 saturated heterocycles. The van der Waals surface area contributed by atoms with E-state index in [9.17, 15) is 4.79 Å². The second kappa shape index (κ2) is 9.34. The summed E-state index contributed by atoms with van der Waals surface area (Å²) in [7, 11) is 1.65. The summed E-state index contributed by atoms with van der Waals surface area (Å²) in [6.07, 6.45) is 1.79. The van der Waals surface area contributed by atoms with Gasteiger partial charge in [0.1, 0.15) is 0 Å². The van der Waals surface area contributed by atoms with Crippen LogP contribution in [0.15, 0.2) is 18.2 Å². The third kappa shape index (κ3) is 5.59. The summed E-state index contributed by atoms with van der Waals surface area (Å²) in [5.41, 5.74) is 7.81. The molecule has 0 aliphatic carbocycles. The van der Waals surface area contributed by atoms with Gasteiger partial charge in [0.2, 0.25) is 0 Å². The van der Waals surface area contributed by atoms with Gasteiger partial charge in [0.05, 0.1) is 18.8 Å². The largest absolute Gasteiger partial charge is 0.398 e. The Bertz CT molecular complexity index is 401. The average molecular weight is 280 g/mol. The number of unbranched alkanes of at least 4 members (excludes halogenated alkanes) is 1. The maximum Gasteiger partial charge on any atom is 0.253 e. The number of nitrogens with one attached hydrogen (secondary N) is 1. The Morgan fingerprint density at radius 2 is 2.05 bits per heavy atom. The number of carbonyl (C=O) groups is 1. The van der Waals surface area contributed by atoms with E-state index in [2.05, 4.69) is 5.32 Å². The van der Waals surface area contributed by atoms with Gasteiger partial charge in [0, 0.05) is 25.9 Å². The lowest BCUT2D eigenvalue weighted by molar-refractivity contribution is 0.0686. The summed E-state index contributed by atoms with van der Waals surface area (Å²) in [6.45, 7) is 4.42. The second-order valence-corrected chi connectivity index (χ2v) is 4.61. The molecule has 1 aromatic carbocycles. The molecule has 1 aromatic rings. The SMILES string of the molecule is COCCOCCCCNC(=O)c1c(C)cccc1N. The first-order chi connectivity index (χ1) is 9.66. The van der Waals surface area contributed by atoms with Crippen molar-refractivity contribution in [2.24, 2.45) is 0 Å². The predicted molar refractivity (Wildman–Crippen MR) is 79.9 cm³/mol. The molecule has 0 radical (unpaired) electrons. The third-order valence-electron chi connectivity index (χ3n) is 2.96. The molecule has 5 heteroatoms. The molecule has 20 heavy (non-hydrogen) atoms. The zero-order valence-electron chi connectivity index (χ0n) is 12.3. The molecule has 0 heterocycles. The van der Waals surface area contributed by atoms with Gasteiger partial charge in [-0.15, -0.1) is 0 Å². The Morgan fingerprint density at radius 1 is 1.25 bits per heavy atom. The van der Waals surface area contributed by atoms with Gasteiger partial charge in [-0.05, 0) is 31.4 Å². The summed E-state index contributed by atoms with van der Waals surface area (Å²) >= 11 is 0. The van der Waals surface area contributed by atoms with Crippen molar-refractivity contribution in [1.29, 1.82) is 0 Å². The van der Waals surface area contributed by atoms with Crippen LogP contribution in [0.5, 0.6) is 0 Å². The number of ether oxygens (including phenoxy) is 2. The molecule has 112 valence electrons. The smallest absolute Gasteiger partial charge is 0.253 e. The normalized spacial score (nSPS) is 10.5. The van der Waals surface area contributed by atoms with Gasteiger partial charge in [-0.25, -0.2) is 0 Å². The molecule has 0 bridgehead atoms. The van der Waals surface area contributed by atoms with Crippen LogP contribution in [0.25, 0.3) is 0 Å². The summed E-state index contributed by atoms with van der Waals surface area (Å²) in [6, 6.07) is 5.47. The highest BCUT2D eigenvalue weighted by Gasteiger charge is 2.11. The van der Waals surface area contributed by atoms with E-state index in [0.29, 0.717) is 37.6 Å². The van der Waals surface area contributed by atoms with E-state index in [1.165, 1.54) is 0 Å². The van der Waals surface area contributed by atoms with Crippen LogP contribution in [0.3, 0.4) is 0 Å². The highest BCUT2D eigenvalue weighted by molar-refractivity contribution is 6.00. The number of aryl methyl sites for hydroxylation is 1. The fourth-order valence-electron chi connectivity index (χ4n) is 1.86. The maximum absolute atomic E-state index is 12.0. The molecule has 1 rings (SSSR count). The molecule has 0 aliphatic heterocycles. The van der Waals surface area contributed by atoms with E-state index in [1.807, 2.05) is 19.1 Å². The lowest BCUT2D eigenvalue weighted by Crippen LogP contribution is -2.26. The summed E-state index contributed by atoms with van der Waals surface area (Å²) < 4.78 is 10.2. The molecule has 0 aromatic heterocycles. The van der Waals surface area contributed by atoms with Crippen LogP contribution in [-0.4, -0.2) is 39.4 Å². The number of benzene rings is 1. The van der Waals surface area contributed by atoms with Crippen molar-refractivity contribution in [3.8, 4) is 0 Å². The molecule has 0 atom stereocenters. The highest BCUT2D eigenvalue weighted by Crippen LogP contribution is 2.15. The number of carbonyl (C=O) groups excluding carboxylic acids is 1. The third-order valence-corrected chi connectivity index (χ3v) is 2.96. The molecule has 0 fully saturated rings. The number of nitrogens with two attached hydrogens (primary N) is 1. The van der Waals surface area contributed by atoms with Gasteiger partial charge in [0.15, 0.2) is 0 Å². The van der Waals surface area contributed by atoms with Crippen molar-refractivity contribution in [2.45, 2.75) is 19.8 Å². The first-order valence-electron chi connectivity index (χ1n) is 6.86. The number of hydrogen-bond donors (Lipinski definition) is 2. The summed E-state index contributed by atoms with van der Waals surface area (Å²) in [4.78, 5) is 12.0. The van der Waals surface area contributed by atoms with Gasteiger partial charge in [0.25, 0.3) is 5.91 Å². The molecule has 0 spiro atoms. The van der Waals surface area contributed by atoms with Crippen molar-refractivity contribution in [3.05, 3.63) is 29.3 Å². The van der Waals surface area contributed by atoms with Crippen LogP contribution in [-0.2, 0) is 9.47 Å². The van der Waals surface area contributed by atoms with E-state index >= 15 is 0 Å². The van der Waals surface area contributed by atoms with Crippen molar-refractivity contribution < 1.29 is 14.3 Å². The standard InChI is InChI=1S/C15H24N2O3/c1-12-6-5-7-13(16)14(12)15(18)17-8-3-4-9-20-11-10-19-2/h5-7H,3-4,8-11,16H2,1-2H3,(H,17,18). The topological polar surface area (TPSA) is 73.6 Å². The van der Waals surface area contributed by atoms with Crippen molar-refractivity contribution in [2.75, 3.05) is 39.2 Å². The lowest BCUT2D eigenvalue weighted by Gasteiger charge is -2.10. The molecular formula is C15H24N2O3. The van der Waals surface area contributed by atoms with E-state index in [0.717, 1.165) is 18.4 Å². The van der Waals surface area contributed by atoms with Gasteiger partial charge in [-0.2, -0.15) is 0 Å². The van der Waals surface area contributed by atoms with E-state index in [1.54, 1.807) is 13.2 Å². The van der Waals surface area contributed by atoms with Gasteiger partial charge in [-0.1, -0.05) is 12.1 Å². The van der Waals surface area contributed by atoms with Crippen LogP contribution in [0.1, 0.15) is 28.8 Å². The Balaban J connectivity index is 2.21. The summed E-state index contributed by atoms with van der Waals surface area (Å²) in [5.74, 6) is -0.110. The molecule has 0 unspecified atom stereocenters. The van der Waals surface area contributed by atoms with Gasteiger partial charge in [-0.3, -0.25) is 4.79 Å². The minimum atomic E-state index is -0.110. The Labute approximate surface area is 120 Å². The second-order valence-electron chi connectivity index (χ2n) is 4.61. The molecule has 1 amide bonds. The van der Waals surface area contributed by atoms with Gasteiger partial charge >= 0.3 is 0 Å². The first-order valence-corrected chi connectivity index (χ1v) is 6.86. The number of anilines is 1. The minimum Gasteiger partial charge on any atom is -0.398 e. The number of methoxy groups -OCH3 is 1. The quantitative estimate of drug-likeness (QED) is 0.534. The molecule has 0 saturated carbocycles. The number of nitrogen functional groups attached to an aromatic ring is 1. The monoisotopic (exact) mass is 280 g/mol. The van der Waals surface area contributed by atoms with E-state index < -0.39 is 0 Å². The first kappa shape index (κ1) is 16.5. The lowest BCUT2D eigenvalue weighted by atomic mass is 10.1. The molecule has 3 N–H and O–H groups in total. The van der Waals surface area contributed by atoms with Crippen LogP contribution in [0.2, 0.25) is 0 Å². The van der Waals surface area contributed by atoms with Crippen molar-refractivity contribution in [3.63, 3.8) is 0 Å². The van der Waals surface area contributed by atoms with Crippen molar-refractivity contribution in [1.82, 2.24) is 5.32 Å². The van der Waals surface area contributed by atoms with Crippen LogP contribution in [0.4, 0.5) is 5.69 Å². The van der Waals surface area contributed by atoms with Crippen molar-refractivity contribution >= 4 is 11.6 Å². The highest BCUT2D eigenvalue weighted by atomic mass is 16.5. The van der Waals surface area contributed by atoms with Crippen LogP contribution in [0, 0.1) is 6.92 Å².